The molecule has 4 nitrogen and oxygen atoms in total. The Labute approximate surface area is 117 Å². The van der Waals surface area contributed by atoms with Gasteiger partial charge in [-0.05, 0) is 39.7 Å². The van der Waals surface area contributed by atoms with Crippen molar-refractivity contribution in [2.24, 2.45) is 5.92 Å². The van der Waals surface area contributed by atoms with E-state index in [1.54, 1.807) is 0 Å². The lowest BCUT2D eigenvalue weighted by molar-refractivity contribution is 0.157. The molecule has 1 N–H and O–H groups in total. The van der Waals surface area contributed by atoms with Crippen molar-refractivity contribution in [2.45, 2.75) is 52.6 Å². The second-order valence-corrected chi connectivity index (χ2v) is 6.40. The Kier molecular flexibility index (Phi) is 4.50. The van der Waals surface area contributed by atoms with E-state index in [-0.39, 0.29) is 0 Å². The van der Waals surface area contributed by atoms with Gasteiger partial charge in [0.05, 0.1) is 5.69 Å². The van der Waals surface area contributed by atoms with E-state index in [1.165, 1.54) is 19.4 Å². The third-order valence-electron chi connectivity index (χ3n) is 4.10. The normalized spacial score (nSPS) is 24.9. The van der Waals surface area contributed by atoms with E-state index in [0.717, 1.165) is 18.2 Å². The maximum atomic E-state index is 4.64. The van der Waals surface area contributed by atoms with Gasteiger partial charge in [-0.3, -0.25) is 0 Å². The summed E-state index contributed by atoms with van der Waals surface area (Å²) in [4.78, 5) is 7.09. The van der Waals surface area contributed by atoms with Crippen LogP contribution >= 0.6 is 0 Å². The highest BCUT2D eigenvalue weighted by molar-refractivity contribution is 5.29. The lowest BCUT2D eigenvalue weighted by Crippen LogP contribution is -2.38. The molecular weight excluding hydrogens is 236 g/mol. The van der Waals surface area contributed by atoms with E-state index in [1.807, 2.05) is 0 Å². The fourth-order valence-corrected chi connectivity index (χ4v) is 2.74. The van der Waals surface area contributed by atoms with Crippen LogP contribution < -0.4 is 5.32 Å². The van der Waals surface area contributed by atoms with E-state index in [2.05, 4.69) is 60.7 Å². The van der Waals surface area contributed by atoms with Gasteiger partial charge in [0.2, 0.25) is 5.95 Å². The summed E-state index contributed by atoms with van der Waals surface area (Å²) in [6.45, 7) is 11.0. The van der Waals surface area contributed by atoms with E-state index in [4.69, 9.17) is 0 Å². The minimum absolute atomic E-state index is 0.585. The molecular formula is C15H28N4. The predicted molar refractivity (Wildman–Crippen MR) is 80.7 cm³/mol. The molecule has 0 spiro atoms. The van der Waals surface area contributed by atoms with Crippen LogP contribution in [0.5, 0.6) is 0 Å². The van der Waals surface area contributed by atoms with Crippen LogP contribution in [-0.2, 0) is 0 Å². The number of likely N-dealkylation sites (tertiary alicyclic amines) is 1. The summed E-state index contributed by atoms with van der Waals surface area (Å²) in [7, 11) is 2.22. The van der Waals surface area contributed by atoms with Crippen molar-refractivity contribution in [3.63, 3.8) is 0 Å². The van der Waals surface area contributed by atoms with Crippen molar-refractivity contribution in [1.29, 1.82) is 0 Å². The number of piperidine rings is 1. The molecule has 1 aliphatic rings. The molecule has 1 saturated heterocycles. The van der Waals surface area contributed by atoms with Gasteiger partial charge in [-0.1, -0.05) is 13.8 Å². The lowest BCUT2D eigenvalue weighted by atomic mass is 9.99. The summed E-state index contributed by atoms with van der Waals surface area (Å²) >= 11 is 0. The van der Waals surface area contributed by atoms with Crippen LogP contribution in [0.1, 0.15) is 45.3 Å². The van der Waals surface area contributed by atoms with E-state index in [9.17, 15) is 0 Å². The van der Waals surface area contributed by atoms with Gasteiger partial charge < -0.3 is 14.8 Å². The molecule has 0 aromatic carbocycles. The SMILES string of the molecule is Cc1cn(C2CCN(C)C(C)C2)c(NCC(C)C)n1. The Balaban J connectivity index is 2.10. The molecule has 19 heavy (non-hydrogen) atoms. The average molecular weight is 264 g/mol. The highest BCUT2D eigenvalue weighted by Gasteiger charge is 2.25. The molecule has 1 aromatic heterocycles. The summed E-state index contributed by atoms with van der Waals surface area (Å²) in [5.41, 5.74) is 1.11. The van der Waals surface area contributed by atoms with Crippen molar-refractivity contribution < 1.29 is 0 Å². The largest absolute Gasteiger partial charge is 0.355 e. The zero-order chi connectivity index (χ0) is 14.0. The fourth-order valence-electron chi connectivity index (χ4n) is 2.74. The van der Waals surface area contributed by atoms with Crippen molar-refractivity contribution in [3.05, 3.63) is 11.9 Å². The monoisotopic (exact) mass is 264 g/mol. The van der Waals surface area contributed by atoms with Crippen LogP contribution in [0, 0.1) is 12.8 Å². The number of nitrogens with one attached hydrogen (secondary N) is 1. The summed E-state index contributed by atoms with van der Waals surface area (Å²) in [6, 6.07) is 1.24. The Morgan fingerprint density at radius 3 is 2.84 bits per heavy atom. The predicted octanol–water partition coefficient (Wildman–Crippen LogP) is 2.91. The van der Waals surface area contributed by atoms with Crippen LogP contribution in [-0.4, -0.2) is 40.6 Å². The van der Waals surface area contributed by atoms with Gasteiger partial charge in [-0.2, -0.15) is 0 Å². The summed E-state index contributed by atoms with van der Waals surface area (Å²) in [5.74, 6) is 1.69. The molecule has 4 heteroatoms. The number of aromatic nitrogens is 2. The third-order valence-corrected chi connectivity index (χ3v) is 4.10. The van der Waals surface area contributed by atoms with Gasteiger partial charge in [0, 0.05) is 31.4 Å². The van der Waals surface area contributed by atoms with Gasteiger partial charge >= 0.3 is 0 Å². The van der Waals surface area contributed by atoms with Crippen molar-refractivity contribution in [2.75, 3.05) is 25.5 Å². The number of anilines is 1. The van der Waals surface area contributed by atoms with Crippen LogP contribution in [0.2, 0.25) is 0 Å². The number of nitrogens with zero attached hydrogens (tertiary/aromatic N) is 3. The molecule has 0 saturated carbocycles. The molecule has 2 unspecified atom stereocenters. The quantitative estimate of drug-likeness (QED) is 0.907. The molecule has 0 bridgehead atoms. The second-order valence-electron chi connectivity index (χ2n) is 6.40. The van der Waals surface area contributed by atoms with Gasteiger partial charge in [0.1, 0.15) is 0 Å². The number of imidazole rings is 1. The highest BCUT2D eigenvalue weighted by atomic mass is 15.2. The van der Waals surface area contributed by atoms with Crippen molar-refractivity contribution in [3.8, 4) is 0 Å². The Morgan fingerprint density at radius 2 is 2.21 bits per heavy atom. The Morgan fingerprint density at radius 1 is 1.47 bits per heavy atom. The maximum absolute atomic E-state index is 4.64. The maximum Gasteiger partial charge on any atom is 0.203 e. The number of aryl methyl sites for hydroxylation is 1. The smallest absolute Gasteiger partial charge is 0.203 e. The number of rotatable bonds is 4. The van der Waals surface area contributed by atoms with Crippen molar-refractivity contribution >= 4 is 5.95 Å². The van der Waals surface area contributed by atoms with Crippen molar-refractivity contribution in [1.82, 2.24) is 14.5 Å². The molecule has 1 aromatic rings. The first-order chi connectivity index (χ1) is 8.97. The third kappa shape index (κ3) is 3.50. The molecule has 1 fully saturated rings. The van der Waals surface area contributed by atoms with Crippen LogP contribution in [0.4, 0.5) is 5.95 Å². The molecule has 2 heterocycles. The zero-order valence-corrected chi connectivity index (χ0v) is 13.0. The minimum atomic E-state index is 0.585. The minimum Gasteiger partial charge on any atom is -0.355 e. The first-order valence-electron chi connectivity index (χ1n) is 7.47. The molecule has 0 aliphatic carbocycles. The van der Waals surface area contributed by atoms with Gasteiger partial charge in [0.25, 0.3) is 0 Å². The summed E-state index contributed by atoms with van der Waals surface area (Å²) < 4.78 is 2.36. The standard InChI is InChI=1S/C15H28N4/c1-11(2)9-16-15-17-12(3)10-19(15)14-6-7-18(5)13(4)8-14/h10-11,13-14H,6-9H2,1-5H3,(H,16,17). The first kappa shape index (κ1) is 14.4. The van der Waals surface area contributed by atoms with E-state index >= 15 is 0 Å². The number of hydrogen-bond donors (Lipinski definition) is 1. The van der Waals surface area contributed by atoms with Gasteiger partial charge in [0.15, 0.2) is 0 Å². The van der Waals surface area contributed by atoms with Crippen LogP contribution in [0.15, 0.2) is 6.20 Å². The molecule has 0 radical (unpaired) electrons. The highest BCUT2D eigenvalue weighted by Crippen LogP contribution is 2.29. The summed E-state index contributed by atoms with van der Waals surface area (Å²) in [5, 5.41) is 3.50. The molecule has 0 amide bonds. The number of hydrogen-bond acceptors (Lipinski definition) is 3. The Hall–Kier alpha value is -1.03. The first-order valence-corrected chi connectivity index (χ1v) is 7.47. The van der Waals surface area contributed by atoms with Gasteiger partial charge in [-0.15, -0.1) is 0 Å². The molecule has 2 rings (SSSR count). The van der Waals surface area contributed by atoms with Crippen LogP contribution in [0.25, 0.3) is 0 Å². The van der Waals surface area contributed by atoms with E-state index < -0.39 is 0 Å². The van der Waals surface area contributed by atoms with Crippen LogP contribution in [0.3, 0.4) is 0 Å². The fraction of sp³-hybridized carbons (Fsp3) is 0.800. The topological polar surface area (TPSA) is 33.1 Å². The average Bonchev–Trinajstić information content (AvgIpc) is 2.71. The zero-order valence-electron chi connectivity index (χ0n) is 13.0. The second kappa shape index (κ2) is 5.95. The lowest BCUT2D eigenvalue weighted by Gasteiger charge is -2.36. The molecule has 108 valence electrons. The molecule has 1 aliphatic heterocycles. The molecule has 2 atom stereocenters. The van der Waals surface area contributed by atoms with Gasteiger partial charge in [-0.25, -0.2) is 4.98 Å². The Bertz CT molecular complexity index is 410. The summed E-state index contributed by atoms with van der Waals surface area (Å²) in [6.07, 6.45) is 4.63. The van der Waals surface area contributed by atoms with E-state index in [0.29, 0.717) is 18.0 Å².